The maximum Gasteiger partial charge on any atom is 0.263 e. The van der Waals surface area contributed by atoms with Gasteiger partial charge in [-0.25, -0.2) is 0 Å². The van der Waals surface area contributed by atoms with Gasteiger partial charge in [0.25, 0.3) is 5.91 Å². The topological polar surface area (TPSA) is 46.3 Å². The van der Waals surface area contributed by atoms with Gasteiger partial charge in [0.2, 0.25) is 0 Å². The van der Waals surface area contributed by atoms with Crippen molar-refractivity contribution in [3.8, 4) is 0 Å². The fraction of sp³-hybridized carbons (Fsp3) is 0.643. The molecule has 18 heavy (non-hydrogen) atoms. The van der Waals surface area contributed by atoms with Gasteiger partial charge in [-0.3, -0.25) is 4.79 Å². The Kier molecular flexibility index (Phi) is 3.16. The van der Waals surface area contributed by atoms with Gasteiger partial charge in [0.1, 0.15) is 0 Å². The molecule has 1 aromatic heterocycles. The van der Waals surface area contributed by atoms with Crippen LogP contribution in [0.3, 0.4) is 0 Å². The second-order valence-electron chi connectivity index (χ2n) is 5.57. The van der Waals surface area contributed by atoms with E-state index in [0.29, 0.717) is 5.92 Å². The highest BCUT2D eigenvalue weighted by atomic mass is 32.1. The highest BCUT2D eigenvalue weighted by Crippen LogP contribution is 2.32. The molecule has 98 valence electrons. The average molecular weight is 264 g/mol. The van der Waals surface area contributed by atoms with Crippen molar-refractivity contribution >= 4 is 17.2 Å². The molecule has 2 atom stereocenters. The van der Waals surface area contributed by atoms with E-state index in [2.05, 4.69) is 6.07 Å². The number of hydrogen-bond donors (Lipinski definition) is 1. The molecule has 1 aliphatic heterocycles. The Bertz CT molecular complexity index is 445. The van der Waals surface area contributed by atoms with Gasteiger partial charge in [-0.1, -0.05) is 0 Å². The lowest BCUT2D eigenvalue weighted by Gasteiger charge is -2.17. The number of amides is 1. The Morgan fingerprint density at radius 1 is 1.56 bits per heavy atom. The number of rotatable bonds is 2. The first-order chi connectivity index (χ1) is 8.65. The summed E-state index contributed by atoms with van der Waals surface area (Å²) in [6.45, 7) is 3.74. The van der Waals surface area contributed by atoms with E-state index >= 15 is 0 Å². The van der Waals surface area contributed by atoms with Crippen LogP contribution in [0.5, 0.6) is 0 Å². The second kappa shape index (κ2) is 4.67. The first-order valence-corrected chi connectivity index (χ1v) is 7.63. The largest absolute Gasteiger partial charge is 0.338 e. The molecular formula is C14H20N2OS. The molecule has 1 aromatic rings. The van der Waals surface area contributed by atoms with Gasteiger partial charge in [-0.15, -0.1) is 11.3 Å². The fourth-order valence-corrected chi connectivity index (χ4v) is 4.21. The summed E-state index contributed by atoms with van der Waals surface area (Å²) in [4.78, 5) is 16.8. The first kappa shape index (κ1) is 12.2. The first-order valence-electron chi connectivity index (χ1n) is 6.81. The fourth-order valence-electron chi connectivity index (χ4n) is 2.99. The van der Waals surface area contributed by atoms with Crippen LogP contribution in [0.1, 0.15) is 39.9 Å². The number of aryl methyl sites for hydroxylation is 2. The smallest absolute Gasteiger partial charge is 0.263 e. The van der Waals surface area contributed by atoms with E-state index in [1.165, 1.54) is 16.9 Å². The number of hydrogen-bond acceptors (Lipinski definition) is 3. The van der Waals surface area contributed by atoms with Crippen LogP contribution in [0.2, 0.25) is 0 Å². The summed E-state index contributed by atoms with van der Waals surface area (Å²) in [7, 11) is 0. The van der Waals surface area contributed by atoms with Gasteiger partial charge in [-0.2, -0.15) is 0 Å². The Hall–Kier alpha value is -0.870. The van der Waals surface area contributed by atoms with E-state index in [1.54, 1.807) is 11.3 Å². The molecule has 1 fully saturated rings. The van der Waals surface area contributed by atoms with Gasteiger partial charge in [0.05, 0.1) is 4.88 Å². The van der Waals surface area contributed by atoms with Gasteiger partial charge < -0.3 is 10.6 Å². The quantitative estimate of drug-likeness (QED) is 0.888. The van der Waals surface area contributed by atoms with Crippen molar-refractivity contribution in [3.63, 3.8) is 0 Å². The van der Waals surface area contributed by atoms with E-state index in [1.807, 2.05) is 11.8 Å². The molecule has 0 saturated carbocycles. The molecule has 0 spiro atoms. The van der Waals surface area contributed by atoms with Crippen molar-refractivity contribution in [1.82, 2.24) is 4.90 Å². The molecule has 1 aliphatic carbocycles. The zero-order valence-electron chi connectivity index (χ0n) is 10.8. The van der Waals surface area contributed by atoms with Crippen LogP contribution < -0.4 is 5.73 Å². The Labute approximate surface area is 112 Å². The second-order valence-corrected chi connectivity index (χ2v) is 6.71. The standard InChI is InChI=1S/C14H20N2OS/c1-9(15)11-5-6-16(8-11)14(17)13-7-10-3-2-4-12(10)18-13/h7,9,11H,2-6,8,15H2,1H3. The molecular weight excluding hydrogens is 244 g/mol. The molecule has 3 rings (SSSR count). The van der Waals surface area contributed by atoms with Crippen molar-refractivity contribution in [1.29, 1.82) is 0 Å². The van der Waals surface area contributed by atoms with Gasteiger partial charge in [0.15, 0.2) is 0 Å². The van der Waals surface area contributed by atoms with Crippen molar-refractivity contribution in [2.24, 2.45) is 11.7 Å². The zero-order chi connectivity index (χ0) is 12.7. The number of nitrogens with two attached hydrogens (primary N) is 1. The zero-order valence-corrected chi connectivity index (χ0v) is 11.6. The van der Waals surface area contributed by atoms with E-state index in [4.69, 9.17) is 5.73 Å². The van der Waals surface area contributed by atoms with Crippen molar-refractivity contribution in [2.45, 2.75) is 38.6 Å². The van der Waals surface area contributed by atoms with Crippen LogP contribution in [0, 0.1) is 5.92 Å². The Morgan fingerprint density at radius 3 is 3.06 bits per heavy atom. The van der Waals surface area contributed by atoms with Crippen LogP contribution in [-0.2, 0) is 12.8 Å². The minimum Gasteiger partial charge on any atom is -0.338 e. The summed E-state index contributed by atoms with van der Waals surface area (Å²) in [5, 5.41) is 0. The number of nitrogens with zero attached hydrogens (tertiary/aromatic N) is 1. The minimum absolute atomic E-state index is 0.191. The third-order valence-corrected chi connectivity index (χ3v) is 5.44. The predicted molar refractivity (Wildman–Crippen MR) is 74.0 cm³/mol. The monoisotopic (exact) mass is 264 g/mol. The highest BCUT2D eigenvalue weighted by molar-refractivity contribution is 7.14. The minimum atomic E-state index is 0.191. The molecule has 2 heterocycles. The summed E-state index contributed by atoms with van der Waals surface area (Å²) in [6.07, 6.45) is 4.62. The molecule has 0 aromatic carbocycles. The van der Waals surface area contributed by atoms with Crippen molar-refractivity contribution in [3.05, 3.63) is 21.4 Å². The average Bonchev–Trinajstić information content (AvgIpc) is 3.02. The summed E-state index contributed by atoms with van der Waals surface area (Å²) in [6, 6.07) is 2.31. The summed E-state index contributed by atoms with van der Waals surface area (Å²) >= 11 is 1.70. The van der Waals surface area contributed by atoms with Crippen LogP contribution in [-0.4, -0.2) is 29.9 Å². The summed E-state index contributed by atoms with van der Waals surface area (Å²) < 4.78 is 0. The van der Waals surface area contributed by atoms with E-state index in [9.17, 15) is 4.79 Å². The molecule has 3 nitrogen and oxygen atoms in total. The van der Waals surface area contributed by atoms with Gasteiger partial charge in [0, 0.05) is 24.0 Å². The summed E-state index contributed by atoms with van der Waals surface area (Å²) in [5.41, 5.74) is 7.33. The third-order valence-electron chi connectivity index (χ3n) is 4.21. The SMILES string of the molecule is CC(N)C1CCN(C(=O)c2cc3c(s2)CCC3)C1. The van der Waals surface area contributed by atoms with E-state index in [-0.39, 0.29) is 11.9 Å². The van der Waals surface area contributed by atoms with Crippen LogP contribution >= 0.6 is 11.3 Å². The third kappa shape index (κ3) is 2.08. The maximum atomic E-state index is 12.4. The van der Waals surface area contributed by atoms with E-state index in [0.717, 1.165) is 37.2 Å². The summed E-state index contributed by atoms with van der Waals surface area (Å²) in [5.74, 6) is 0.693. The number of likely N-dealkylation sites (tertiary alicyclic amines) is 1. The van der Waals surface area contributed by atoms with Crippen LogP contribution in [0.15, 0.2) is 6.07 Å². The lowest BCUT2D eigenvalue weighted by molar-refractivity contribution is 0.0790. The van der Waals surface area contributed by atoms with Crippen LogP contribution in [0.4, 0.5) is 0 Å². The van der Waals surface area contributed by atoms with Crippen molar-refractivity contribution < 1.29 is 4.79 Å². The van der Waals surface area contributed by atoms with Crippen molar-refractivity contribution in [2.75, 3.05) is 13.1 Å². The number of carbonyl (C=O) groups is 1. The molecule has 4 heteroatoms. The Morgan fingerprint density at radius 2 is 2.39 bits per heavy atom. The number of thiophene rings is 1. The van der Waals surface area contributed by atoms with E-state index < -0.39 is 0 Å². The molecule has 0 radical (unpaired) electrons. The lowest BCUT2D eigenvalue weighted by Crippen LogP contribution is -2.32. The molecule has 1 amide bonds. The van der Waals surface area contributed by atoms with Gasteiger partial charge >= 0.3 is 0 Å². The maximum absolute atomic E-state index is 12.4. The molecule has 0 bridgehead atoms. The van der Waals surface area contributed by atoms with Gasteiger partial charge in [-0.05, 0) is 50.2 Å². The molecule has 2 N–H and O–H groups in total. The highest BCUT2D eigenvalue weighted by Gasteiger charge is 2.30. The molecule has 2 unspecified atom stereocenters. The number of carbonyl (C=O) groups excluding carboxylic acids is 1. The predicted octanol–water partition coefficient (Wildman–Crippen LogP) is 2.05. The lowest BCUT2D eigenvalue weighted by atomic mass is 10.0. The number of fused-ring (bicyclic) bond motifs is 1. The molecule has 2 aliphatic rings. The normalized spacial score (nSPS) is 24.3. The van der Waals surface area contributed by atoms with Crippen LogP contribution in [0.25, 0.3) is 0 Å². The Balaban J connectivity index is 1.71. The molecule has 1 saturated heterocycles.